The molecule has 18 heavy (non-hydrogen) atoms. The van der Waals surface area contributed by atoms with Gasteiger partial charge in [0.2, 0.25) is 0 Å². The quantitative estimate of drug-likeness (QED) is 0.893. The van der Waals surface area contributed by atoms with Crippen molar-refractivity contribution in [3.05, 3.63) is 47.7 Å². The maximum absolute atomic E-state index is 4.25. The zero-order valence-electron chi connectivity index (χ0n) is 11.0. The van der Waals surface area contributed by atoms with Gasteiger partial charge in [-0.15, -0.1) is 5.10 Å². The molecule has 0 aliphatic heterocycles. The lowest BCUT2D eigenvalue weighted by atomic mass is 10.2. The summed E-state index contributed by atoms with van der Waals surface area (Å²) < 4.78 is 0. The minimum Gasteiger partial charge on any atom is -0.328 e. The van der Waals surface area contributed by atoms with Crippen LogP contribution in [0.15, 0.2) is 36.4 Å². The molecule has 0 bridgehead atoms. The second-order valence-electron chi connectivity index (χ2n) is 4.26. The topological polar surface area (TPSA) is 41.0 Å². The van der Waals surface area contributed by atoms with Crippen LogP contribution in [-0.2, 0) is 6.54 Å². The summed E-state index contributed by atoms with van der Waals surface area (Å²) in [6.45, 7) is 2.83. The van der Waals surface area contributed by atoms with E-state index in [1.165, 1.54) is 5.56 Å². The van der Waals surface area contributed by atoms with Gasteiger partial charge in [-0.2, -0.15) is 5.10 Å². The third kappa shape index (κ3) is 2.65. The van der Waals surface area contributed by atoms with Crippen LogP contribution in [0.5, 0.6) is 0 Å². The molecule has 1 aromatic heterocycles. The number of nitrogens with zero attached hydrogens (tertiary/aromatic N) is 3. The summed E-state index contributed by atoms with van der Waals surface area (Å²) in [4.78, 5) is 2.05. The number of anilines is 2. The van der Waals surface area contributed by atoms with Crippen molar-refractivity contribution in [3.8, 4) is 0 Å². The number of aromatic nitrogens is 2. The Labute approximate surface area is 108 Å². The first kappa shape index (κ1) is 12.5. The molecule has 4 heteroatoms. The SMILES string of the molecule is CNCc1ccc(N(C)c2ccccc2C)nn1. The number of para-hydroxylation sites is 1. The summed E-state index contributed by atoms with van der Waals surface area (Å²) in [5, 5.41) is 11.5. The van der Waals surface area contributed by atoms with E-state index in [4.69, 9.17) is 0 Å². The van der Waals surface area contributed by atoms with Gasteiger partial charge >= 0.3 is 0 Å². The molecule has 0 aliphatic rings. The molecular formula is C14H18N4. The Kier molecular flexibility index (Phi) is 3.89. The zero-order valence-corrected chi connectivity index (χ0v) is 11.0. The van der Waals surface area contributed by atoms with Crippen LogP contribution in [0.2, 0.25) is 0 Å². The summed E-state index contributed by atoms with van der Waals surface area (Å²) in [5.41, 5.74) is 3.31. The van der Waals surface area contributed by atoms with Crippen molar-refractivity contribution in [2.45, 2.75) is 13.5 Å². The number of benzene rings is 1. The molecule has 0 fully saturated rings. The van der Waals surface area contributed by atoms with Crippen molar-refractivity contribution in [1.82, 2.24) is 15.5 Å². The first-order valence-corrected chi connectivity index (χ1v) is 5.99. The van der Waals surface area contributed by atoms with Crippen molar-refractivity contribution >= 4 is 11.5 Å². The zero-order chi connectivity index (χ0) is 13.0. The van der Waals surface area contributed by atoms with Crippen LogP contribution in [0, 0.1) is 6.92 Å². The van der Waals surface area contributed by atoms with Gasteiger partial charge in [-0.25, -0.2) is 0 Å². The van der Waals surface area contributed by atoms with Crippen LogP contribution in [-0.4, -0.2) is 24.3 Å². The van der Waals surface area contributed by atoms with E-state index in [-0.39, 0.29) is 0 Å². The molecular weight excluding hydrogens is 224 g/mol. The number of nitrogens with one attached hydrogen (secondary N) is 1. The first-order valence-electron chi connectivity index (χ1n) is 5.99. The molecule has 0 unspecified atom stereocenters. The van der Waals surface area contributed by atoms with Crippen LogP contribution < -0.4 is 10.2 Å². The van der Waals surface area contributed by atoms with Gasteiger partial charge < -0.3 is 10.2 Å². The number of rotatable bonds is 4. The molecule has 0 amide bonds. The Morgan fingerprint density at radius 3 is 2.50 bits per heavy atom. The lowest BCUT2D eigenvalue weighted by molar-refractivity contribution is 0.766. The number of hydrogen-bond donors (Lipinski definition) is 1. The van der Waals surface area contributed by atoms with Gasteiger partial charge in [0.1, 0.15) is 0 Å². The highest BCUT2D eigenvalue weighted by molar-refractivity contribution is 5.62. The normalized spacial score (nSPS) is 10.4. The predicted octanol–water partition coefficient (Wildman–Crippen LogP) is 2.27. The summed E-state index contributed by atoms with van der Waals surface area (Å²) >= 11 is 0. The second-order valence-corrected chi connectivity index (χ2v) is 4.26. The summed E-state index contributed by atoms with van der Waals surface area (Å²) in [6.07, 6.45) is 0. The van der Waals surface area contributed by atoms with Crippen molar-refractivity contribution < 1.29 is 0 Å². The monoisotopic (exact) mass is 242 g/mol. The molecule has 94 valence electrons. The third-order valence-corrected chi connectivity index (χ3v) is 2.88. The molecule has 4 nitrogen and oxygen atoms in total. The summed E-state index contributed by atoms with van der Waals surface area (Å²) in [6, 6.07) is 12.2. The van der Waals surface area contributed by atoms with Crippen molar-refractivity contribution in [3.63, 3.8) is 0 Å². The molecule has 1 heterocycles. The number of hydrogen-bond acceptors (Lipinski definition) is 4. The molecule has 0 saturated carbocycles. The smallest absolute Gasteiger partial charge is 0.155 e. The van der Waals surface area contributed by atoms with Crippen LogP contribution in [0.4, 0.5) is 11.5 Å². The molecule has 0 atom stereocenters. The van der Waals surface area contributed by atoms with Gasteiger partial charge in [0, 0.05) is 19.3 Å². The van der Waals surface area contributed by atoms with Gasteiger partial charge in [-0.3, -0.25) is 0 Å². The molecule has 0 saturated heterocycles. The molecule has 0 aliphatic carbocycles. The van der Waals surface area contributed by atoms with E-state index in [0.717, 1.165) is 23.7 Å². The van der Waals surface area contributed by atoms with Crippen molar-refractivity contribution in [2.75, 3.05) is 19.0 Å². The largest absolute Gasteiger partial charge is 0.328 e. The molecule has 2 aromatic rings. The number of aryl methyl sites for hydroxylation is 1. The Hall–Kier alpha value is -1.94. The molecule has 1 aromatic carbocycles. The minimum atomic E-state index is 0.737. The average Bonchev–Trinajstić information content (AvgIpc) is 2.40. The summed E-state index contributed by atoms with van der Waals surface area (Å²) in [7, 11) is 3.90. The molecule has 0 radical (unpaired) electrons. The minimum absolute atomic E-state index is 0.737. The fourth-order valence-corrected chi connectivity index (χ4v) is 1.87. The fourth-order valence-electron chi connectivity index (χ4n) is 1.87. The van der Waals surface area contributed by atoms with Crippen LogP contribution in [0.25, 0.3) is 0 Å². The van der Waals surface area contributed by atoms with Crippen LogP contribution in [0.1, 0.15) is 11.3 Å². The Morgan fingerprint density at radius 2 is 1.89 bits per heavy atom. The lowest BCUT2D eigenvalue weighted by Gasteiger charge is -2.19. The highest BCUT2D eigenvalue weighted by Crippen LogP contribution is 2.24. The fraction of sp³-hybridized carbons (Fsp3) is 0.286. The molecule has 1 N–H and O–H groups in total. The molecule has 0 spiro atoms. The second kappa shape index (κ2) is 5.60. The van der Waals surface area contributed by atoms with Crippen LogP contribution in [0.3, 0.4) is 0 Å². The Balaban J connectivity index is 2.23. The van der Waals surface area contributed by atoms with Gasteiger partial charge in [0.15, 0.2) is 5.82 Å². The van der Waals surface area contributed by atoms with Gasteiger partial charge in [-0.05, 0) is 37.7 Å². The Bertz CT molecular complexity index is 507. The Morgan fingerprint density at radius 1 is 1.11 bits per heavy atom. The standard InChI is InChI=1S/C14H18N4/c1-11-6-4-5-7-13(11)18(3)14-9-8-12(10-15-2)16-17-14/h4-9,15H,10H2,1-3H3. The highest BCUT2D eigenvalue weighted by Gasteiger charge is 2.07. The van der Waals surface area contributed by atoms with E-state index in [2.05, 4.69) is 34.6 Å². The van der Waals surface area contributed by atoms with Gasteiger partial charge in [0.25, 0.3) is 0 Å². The average molecular weight is 242 g/mol. The predicted molar refractivity (Wildman–Crippen MR) is 74.0 cm³/mol. The van der Waals surface area contributed by atoms with Crippen LogP contribution >= 0.6 is 0 Å². The summed E-state index contributed by atoms with van der Waals surface area (Å²) in [5.74, 6) is 0.851. The van der Waals surface area contributed by atoms with E-state index >= 15 is 0 Å². The third-order valence-electron chi connectivity index (χ3n) is 2.88. The first-order chi connectivity index (χ1) is 8.72. The van der Waals surface area contributed by atoms with Crippen molar-refractivity contribution in [1.29, 1.82) is 0 Å². The lowest BCUT2D eigenvalue weighted by Crippen LogP contribution is -2.14. The maximum atomic E-state index is 4.25. The van der Waals surface area contributed by atoms with Gasteiger partial charge in [-0.1, -0.05) is 18.2 Å². The van der Waals surface area contributed by atoms with Gasteiger partial charge in [0.05, 0.1) is 5.69 Å². The van der Waals surface area contributed by atoms with E-state index in [9.17, 15) is 0 Å². The van der Waals surface area contributed by atoms with Crippen molar-refractivity contribution in [2.24, 2.45) is 0 Å². The van der Waals surface area contributed by atoms with E-state index in [1.54, 1.807) is 0 Å². The van der Waals surface area contributed by atoms with E-state index in [1.807, 2.05) is 43.3 Å². The van der Waals surface area contributed by atoms with E-state index < -0.39 is 0 Å². The molecule has 2 rings (SSSR count). The van der Waals surface area contributed by atoms with E-state index in [0.29, 0.717) is 0 Å². The maximum Gasteiger partial charge on any atom is 0.155 e. The highest BCUT2D eigenvalue weighted by atomic mass is 15.2.